The summed E-state index contributed by atoms with van der Waals surface area (Å²) in [4.78, 5) is 41.9. The number of ether oxygens (including phenoxy) is 3. The topological polar surface area (TPSA) is 114 Å². The summed E-state index contributed by atoms with van der Waals surface area (Å²) in [5, 5.41) is 12.5. The second-order valence-electron chi connectivity index (χ2n) is 6.87. The molecule has 0 aliphatic carbocycles. The number of benzene rings is 1. The van der Waals surface area contributed by atoms with Crippen LogP contribution in [-0.4, -0.2) is 54.4 Å². The SMILES string of the molecule is COC(=O)C(CC1=[N+]([O-])OC(C)(C)C[C@@H]1OC(=O)c1ccccc1)C(=O)OC. The van der Waals surface area contributed by atoms with Crippen LogP contribution in [0.5, 0.6) is 0 Å². The molecule has 9 nitrogen and oxygen atoms in total. The maximum absolute atomic E-state index is 12.5. The second kappa shape index (κ2) is 8.73. The third-order valence-electron chi connectivity index (χ3n) is 4.26. The molecule has 1 aliphatic rings. The fourth-order valence-corrected chi connectivity index (χ4v) is 2.85. The molecule has 0 spiro atoms. The molecule has 0 saturated heterocycles. The maximum atomic E-state index is 12.5. The summed E-state index contributed by atoms with van der Waals surface area (Å²) < 4.78 is 14.8. The lowest BCUT2D eigenvalue weighted by Gasteiger charge is -2.35. The van der Waals surface area contributed by atoms with Crippen LogP contribution in [0.1, 0.15) is 37.0 Å². The summed E-state index contributed by atoms with van der Waals surface area (Å²) in [6, 6.07) is 8.27. The van der Waals surface area contributed by atoms with E-state index in [0.717, 1.165) is 14.2 Å². The van der Waals surface area contributed by atoms with E-state index in [1.165, 1.54) is 0 Å². The van der Waals surface area contributed by atoms with Gasteiger partial charge in [0.1, 0.15) is 0 Å². The molecule has 1 aromatic carbocycles. The Morgan fingerprint density at radius 3 is 2.29 bits per heavy atom. The Labute approximate surface area is 162 Å². The van der Waals surface area contributed by atoms with Crippen molar-refractivity contribution in [1.29, 1.82) is 0 Å². The first-order chi connectivity index (χ1) is 13.2. The van der Waals surface area contributed by atoms with Crippen LogP contribution in [0.4, 0.5) is 0 Å². The van der Waals surface area contributed by atoms with Crippen LogP contribution in [0, 0.1) is 11.1 Å². The van der Waals surface area contributed by atoms with Crippen LogP contribution in [0.15, 0.2) is 30.3 Å². The van der Waals surface area contributed by atoms with E-state index in [2.05, 4.69) is 9.47 Å². The number of carbonyl (C=O) groups is 3. The first kappa shape index (κ1) is 21.2. The van der Waals surface area contributed by atoms with Gasteiger partial charge in [0, 0.05) is 11.3 Å². The van der Waals surface area contributed by atoms with Gasteiger partial charge in [-0.15, -0.1) is 0 Å². The molecule has 28 heavy (non-hydrogen) atoms. The van der Waals surface area contributed by atoms with Crippen molar-refractivity contribution in [2.45, 2.75) is 38.4 Å². The maximum Gasteiger partial charge on any atom is 0.338 e. The van der Waals surface area contributed by atoms with Crippen LogP contribution in [-0.2, 0) is 28.6 Å². The third-order valence-corrected chi connectivity index (χ3v) is 4.26. The molecule has 1 aliphatic heterocycles. The molecule has 0 fully saturated rings. The first-order valence-electron chi connectivity index (χ1n) is 8.62. The van der Waals surface area contributed by atoms with Crippen LogP contribution >= 0.6 is 0 Å². The highest BCUT2D eigenvalue weighted by Crippen LogP contribution is 2.28. The lowest BCUT2D eigenvalue weighted by Crippen LogP contribution is -2.49. The number of hydrogen-bond acceptors (Lipinski definition) is 8. The van der Waals surface area contributed by atoms with Gasteiger partial charge < -0.3 is 19.0 Å². The van der Waals surface area contributed by atoms with Crippen molar-refractivity contribution in [3.63, 3.8) is 0 Å². The number of methoxy groups -OCH3 is 2. The van der Waals surface area contributed by atoms with Crippen LogP contribution < -0.4 is 0 Å². The van der Waals surface area contributed by atoms with Gasteiger partial charge in [0.25, 0.3) is 5.71 Å². The number of rotatable bonds is 6. The van der Waals surface area contributed by atoms with Crippen molar-refractivity contribution in [2.24, 2.45) is 5.92 Å². The fraction of sp³-hybridized carbons (Fsp3) is 0.474. The highest BCUT2D eigenvalue weighted by molar-refractivity contribution is 6.01. The van der Waals surface area contributed by atoms with Crippen molar-refractivity contribution >= 4 is 23.6 Å². The van der Waals surface area contributed by atoms with Gasteiger partial charge in [0.2, 0.25) is 0 Å². The van der Waals surface area contributed by atoms with Crippen LogP contribution in [0.25, 0.3) is 0 Å². The van der Waals surface area contributed by atoms with Crippen molar-refractivity contribution < 1.29 is 38.3 Å². The minimum Gasteiger partial charge on any atom is -0.468 e. The molecule has 0 saturated carbocycles. The van der Waals surface area contributed by atoms with E-state index in [4.69, 9.17) is 9.57 Å². The summed E-state index contributed by atoms with van der Waals surface area (Å²) in [6.45, 7) is 3.33. The van der Waals surface area contributed by atoms with E-state index in [0.29, 0.717) is 5.56 Å². The predicted molar refractivity (Wildman–Crippen MR) is 96.2 cm³/mol. The lowest BCUT2D eigenvalue weighted by atomic mass is 9.91. The highest BCUT2D eigenvalue weighted by Gasteiger charge is 2.44. The summed E-state index contributed by atoms with van der Waals surface area (Å²) in [5.74, 6) is -3.76. The molecule has 0 unspecified atom stereocenters. The Morgan fingerprint density at radius 1 is 1.18 bits per heavy atom. The lowest BCUT2D eigenvalue weighted by molar-refractivity contribution is -0.771. The Bertz CT molecular complexity index is 755. The van der Waals surface area contributed by atoms with Gasteiger partial charge in [-0.25, -0.2) is 4.79 Å². The van der Waals surface area contributed by atoms with Gasteiger partial charge >= 0.3 is 17.9 Å². The van der Waals surface area contributed by atoms with Gasteiger partial charge in [-0.3, -0.25) is 14.8 Å². The van der Waals surface area contributed by atoms with Gasteiger partial charge in [0.15, 0.2) is 12.0 Å². The first-order valence-corrected chi connectivity index (χ1v) is 8.62. The third kappa shape index (κ3) is 4.99. The van der Waals surface area contributed by atoms with Crippen molar-refractivity contribution in [3.05, 3.63) is 41.1 Å². The summed E-state index contributed by atoms with van der Waals surface area (Å²) in [6.07, 6.45) is -1.20. The minimum atomic E-state index is -1.39. The smallest absolute Gasteiger partial charge is 0.338 e. The summed E-state index contributed by atoms with van der Waals surface area (Å²) in [5.41, 5.74) is -0.690. The second-order valence-corrected chi connectivity index (χ2v) is 6.87. The summed E-state index contributed by atoms with van der Waals surface area (Å²) >= 11 is 0. The number of esters is 3. The summed E-state index contributed by atoms with van der Waals surface area (Å²) in [7, 11) is 2.23. The zero-order valence-corrected chi connectivity index (χ0v) is 16.2. The normalized spacial score (nSPS) is 18.2. The molecule has 0 amide bonds. The van der Waals surface area contributed by atoms with Gasteiger partial charge in [-0.1, -0.05) is 18.2 Å². The van der Waals surface area contributed by atoms with E-state index >= 15 is 0 Å². The number of hydrogen-bond donors (Lipinski definition) is 0. The van der Waals surface area contributed by atoms with Crippen molar-refractivity contribution in [2.75, 3.05) is 14.2 Å². The predicted octanol–water partition coefficient (Wildman–Crippen LogP) is 1.63. The Morgan fingerprint density at radius 2 is 1.75 bits per heavy atom. The standard InChI is InChI=1S/C19H23NO8/c1-19(2)11-15(27-16(21)12-8-6-5-7-9-12)14(20(24)28-19)10-13(17(22)25-3)18(23)26-4/h5-9,13,15H,10-11H2,1-4H3/t15-/m0/s1. The van der Waals surface area contributed by atoms with E-state index in [1.807, 2.05) is 0 Å². The van der Waals surface area contributed by atoms with E-state index < -0.39 is 35.5 Å². The number of carbonyl (C=O) groups excluding carboxylic acids is 3. The molecule has 0 aromatic heterocycles. The molecule has 0 bridgehead atoms. The molecule has 1 aromatic rings. The van der Waals surface area contributed by atoms with Gasteiger partial charge in [-0.2, -0.15) is 0 Å². The molecular weight excluding hydrogens is 370 g/mol. The number of nitrogens with zero attached hydrogens (tertiary/aromatic N) is 1. The molecule has 9 heteroatoms. The zero-order chi connectivity index (χ0) is 20.9. The average molecular weight is 393 g/mol. The molecule has 0 N–H and O–H groups in total. The Balaban J connectivity index is 2.32. The van der Waals surface area contributed by atoms with Gasteiger partial charge in [-0.05, 0) is 26.0 Å². The minimum absolute atomic E-state index is 0.0793. The van der Waals surface area contributed by atoms with Crippen molar-refractivity contribution in [3.8, 4) is 0 Å². The monoisotopic (exact) mass is 393 g/mol. The molecule has 1 heterocycles. The zero-order valence-electron chi connectivity index (χ0n) is 16.2. The van der Waals surface area contributed by atoms with Gasteiger partial charge in [0.05, 0.1) is 31.8 Å². The fourth-order valence-electron chi connectivity index (χ4n) is 2.85. The van der Waals surface area contributed by atoms with Crippen LogP contribution in [0.2, 0.25) is 0 Å². The largest absolute Gasteiger partial charge is 0.468 e. The van der Waals surface area contributed by atoms with Crippen molar-refractivity contribution in [1.82, 2.24) is 0 Å². The quantitative estimate of drug-likeness (QED) is 0.310. The van der Waals surface area contributed by atoms with E-state index in [-0.39, 0.29) is 23.5 Å². The molecule has 1 atom stereocenters. The Hall–Kier alpha value is -3.10. The Kier molecular flexibility index (Phi) is 6.61. The average Bonchev–Trinajstić information content (AvgIpc) is 2.66. The van der Waals surface area contributed by atoms with Crippen LogP contribution in [0.3, 0.4) is 0 Å². The van der Waals surface area contributed by atoms with E-state index in [9.17, 15) is 19.6 Å². The molecule has 2 rings (SSSR count). The molecule has 152 valence electrons. The molecule has 0 radical (unpaired) electrons. The van der Waals surface area contributed by atoms with E-state index in [1.54, 1.807) is 44.2 Å². The highest BCUT2D eigenvalue weighted by atomic mass is 16.9. The molecular formula is C19H23NO8.